The predicted octanol–water partition coefficient (Wildman–Crippen LogP) is 3.40. The maximum atomic E-state index is 13.5. The van der Waals surface area contributed by atoms with Crippen LogP contribution >= 0.6 is 0 Å². The van der Waals surface area contributed by atoms with Crippen LogP contribution in [0.25, 0.3) is 0 Å². The lowest BCUT2D eigenvalue weighted by Crippen LogP contribution is -2.24. The molecule has 0 atom stereocenters. The largest absolute Gasteiger partial charge is 0.378 e. The highest BCUT2D eigenvalue weighted by Crippen LogP contribution is 2.24. The second-order valence-electron chi connectivity index (χ2n) is 5.96. The maximum absolute atomic E-state index is 13.5. The van der Waals surface area contributed by atoms with Crippen LogP contribution in [-0.4, -0.2) is 14.3 Å². The van der Waals surface area contributed by atoms with Gasteiger partial charge in [0.1, 0.15) is 16.8 Å². The minimum atomic E-state index is -4.38. The Kier molecular flexibility index (Phi) is 5.90. The molecule has 0 aliphatic heterocycles. The van der Waals surface area contributed by atoms with Gasteiger partial charge in [-0.1, -0.05) is 42.5 Å². The van der Waals surface area contributed by atoms with Gasteiger partial charge in [0.2, 0.25) is 0 Å². The number of amides is 1. The van der Waals surface area contributed by atoms with Gasteiger partial charge in [-0.2, -0.15) is 13.7 Å². The standard InChI is InChI=1S/C21H15FN2O4S/c22-19-11-10-17(12-16(19)13-23)29(26,27)28-20-9-5-4-8-18(20)21(25)24-14-15-6-2-1-3-7-15/h1-12H,14H2,(H,24,25). The number of benzene rings is 3. The predicted molar refractivity (Wildman–Crippen MR) is 103 cm³/mol. The quantitative estimate of drug-likeness (QED) is 0.629. The number of nitriles is 1. The van der Waals surface area contributed by atoms with E-state index in [2.05, 4.69) is 5.32 Å². The molecule has 0 saturated heterocycles. The third-order valence-corrected chi connectivity index (χ3v) is 5.20. The fourth-order valence-electron chi connectivity index (χ4n) is 2.51. The van der Waals surface area contributed by atoms with E-state index in [0.717, 1.165) is 23.8 Å². The topological polar surface area (TPSA) is 96.3 Å². The molecule has 0 unspecified atom stereocenters. The summed E-state index contributed by atoms with van der Waals surface area (Å²) in [6.45, 7) is 0.254. The Hall–Kier alpha value is -3.70. The van der Waals surface area contributed by atoms with Crippen LogP contribution in [0, 0.1) is 17.1 Å². The van der Waals surface area contributed by atoms with Crippen molar-refractivity contribution in [2.45, 2.75) is 11.4 Å². The number of nitrogens with zero attached hydrogens (tertiary/aromatic N) is 1. The zero-order valence-corrected chi connectivity index (χ0v) is 15.8. The van der Waals surface area contributed by atoms with Crippen LogP contribution in [0.4, 0.5) is 4.39 Å². The van der Waals surface area contributed by atoms with E-state index in [9.17, 15) is 17.6 Å². The molecular weight excluding hydrogens is 395 g/mol. The second kappa shape index (κ2) is 8.54. The number of hydrogen-bond donors (Lipinski definition) is 1. The van der Waals surface area contributed by atoms with Crippen LogP contribution < -0.4 is 9.50 Å². The Bertz CT molecular complexity index is 1190. The molecule has 0 aliphatic carbocycles. The first-order valence-corrected chi connectivity index (χ1v) is 9.87. The molecule has 146 valence electrons. The molecule has 8 heteroatoms. The van der Waals surface area contributed by atoms with Gasteiger partial charge in [0.25, 0.3) is 5.91 Å². The summed E-state index contributed by atoms with van der Waals surface area (Å²) in [4.78, 5) is 12.1. The van der Waals surface area contributed by atoms with Crippen LogP contribution in [0.1, 0.15) is 21.5 Å². The summed E-state index contributed by atoms with van der Waals surface area (Å²) >= 11 is 0. The van der Waals surface area contributed by atoms with Gasteiger partial charge in [0, 0.05) is 6.54 Å². The van der Waals surface area contributed by atoms with Crippen molar-refractivity contribution in [2.24, 2.45) is 0 Å². The lowest BCUT2D eigenvalue weighted by Gasteiger charge is -2.12. The zero-order chi connectivity index (χ0) is 20.9. The number of para-hydroxylation sites is 1. The van der Waals surface area contributed by atoms with Gasteiger partial charge < -0.3 is 9.50 Å². The molecular formula is C21H15FN2O4S. The molecule has 0 aliphatic rings. The van der Waals surface area contributed by atoms with E-state index in [1.54, 1.807) is 12.1 Å². The van der Waals surface area contributed by atoms with E-state index < -0.39 is 32.3 Å². The van der Waals surface area contributed by atoms with Gasteiger partial charge in [0.05, 0.1) is 11.1 Å². The first-order chi connectivity index (χ1) is 13.9. The van der Waals surface area contributed by atoms with E-state index in [4.69, 9.17) is 9.44 Å². The van der Waals surface area contributed by atoms with E-state index in [1.807, 2.05) is 30.3 Å². The molecule has 1 N–H and O–H groups in total. The summed E-state index contributed by atoms with van der Waals surface area (Å²) in [6, 6.07) is 19.4. The minimum Gasteiger partial charge on any atom is -0.378 e. The van der Waals surface area contributed by atoms with E-state index in [0.29, 0.717) is 0 Å². The van der Waals surface area contributed by atoms with Gasteiger partial charge in [0.15, 0.2) is 5.75 Å². The average Bonchev–Trinajstić information content (AvgIpc) is 2.73. The molecule has 29 heavy (non-hydrogen) atoms. The summed E-state index contributed by atoms with van der Waals surface area (Å²) in [6.07, 6.45) is 0. The fraction of sp³-hybridized carbons (Fsp3) is 0.0476. The number of rotatable bonds is 6. The number of carbonyl (C=O) groups is 1. The van der Waals surface area contributed by atoms with Crippen molar-refractivity contribution in [3.05, 3.63) is 95.3 Å². The molecule has 0 bridgehead atoms. The highest BCUT2D eigenvalue weighted by Gasteiger charge is 2.22. The molecule has 1 amide bonds. The van der Waals surface area contributed by atoms with Crippen LogP contribution in [0.5, 0.6) is 5.75 Å². The third-order valence-electron chi connectivity index (χ3n) is 3.97. The third kappa shape index (κ3) is 4.78. The lowest BCUT2D eigenvalue weighted by atomic mass is 10.1. The fourth-order valence-corrected chi connectivity index (χ4v) is 3.49. The Morgan fingerprint density at radius 1 is 1.03 bits per heavy atom. The van der Waals surface area contributed by atoms with Gasteiger partial charge in [-0.05, 0) is 35.9 Å². The Labute approximate surface area is 167 Å². The summed E-state index contributed by atoms with van der Waals surface area (Å²) in [5, 5.41) is 11.6. The summed E-state index contributed by atoms with van der Waals surface area (Å²) in [7, 11) is -4.38. The molecule has 0 fully saturated rings. The number of hydrogen-bond acceptors (Lipinski definition) is 5. The summed E-state index contributed by atoms with van der Waals surface area (Å²) in [5.41, 5.74) is 0.473. The maximum Gasteiger partial charge on any atom is 0.339 e. The van der Waals surface area contributed by atoms with Crippen molar-refractivity contribution >= 4 is 16.0 Å². The van der Waals surface area contributed by atoms with Gasteiger partial charge in [-0.15, -0.1) is 0 Å². The van der Waals surface area contributed by atoms with Gasteiger partial charge >= 0.3 is 10.1 Å². The Morgan fingerprint density at radius 3 is 2.45 bits per heavy atom. The molecule has 0 saturated carbocycles. The molecule has 3 aromatic carbocycles. The molecule has 6 nitrogen and oxygen atoms in total. The van der Waals surface area contributed by atoms with Crippen LogP contribution in [-0.2, 0) is 16.7 Å². The normalized spacial score (nSPS) is 10.8. The van der Waals surface area contributed by atoms with Crippen molar-refractivity contribution < 1.29 is 21.8 Å². The zero-order valence-electron chi connectivity index (χ0n) is 15.0. The summed E-state index contributed by atoms with van der Waals surface area (Å²) in [5.74, 6) is -1.54. The molecule has 0 heterocycles. The average molecular weight is 410 g/mol. The second-order valence-corrected chi connectivity index (χ2v) is 7.50. The van der Waals surface area contributed by atoms with Crippen LogP contribution in [0.2, 0.25) is 0 Å². The Balaban J connectivity index is 1.83. The monoisotopic (exact) mass is 410 g/mol. The van der Waals surface area contributed by atoms with Gasteiger partial charge in [-0.25, -0.2) is 4.39 Å². The number of nitrogens with one attached hydrogen (secondary N) is 1. The molecule has 3 aromatic rings. The highest BCUT2D eigenvalue weighted by atomic mass is 32.2. The van der Waals surface area contributed by atoms with Crippen molar-refractivity contribution in [3.63, 3.8) is 0 Å². The number of carbonyl (C=O) groups excluding carboxylic acids is 1. The minimum absolute atomic E-state index is 0.0228. The van der Waals surface area contributed by atoms with Crippen molar-refractivity contribution in [2.75, 3.05) is 0 Å². The van der Waals surface area contributed by atoms with Gasteiger partial charge in [-0.3, -0.25) is 4.79 Å². The Morgan fingerprint density at radius 2 is 1.72 bits per heavy atom. The van der Waals surface area contributed by atoms with Crippen molar-refractivity contribution in [1.29, 1.82) is 5.26 Å². The number of halogens is 1. The van der Waals surface area contributed by atoms with Crippen molar-refractivity contribution in [1.82, 2.24) is 5.32 Å². The molecule has 0 spiro atoms. The first kappa shape index (κ1) is 20.0. The lowest BCUT2D eigenvalue weighted by molar-refractivity contribution is 0.0949. The van der Waals surface area contributed by atoms with E-state index >= 15 is 0 Å². The smallest absolute Gasteiger partial charge is 0.339 e. The SMILES string of the molecule is N#Cc1cc(S(=O)(=O)Oc2ccccc2C(=O)NCc2ccccc2)ccc1F. The van der Waals surface area contributed by atoms with Crippen LogP contribution in [0.3, 0.4) is 0 Å². The van der Waals surface area contributed by atoms with E-state index in [1.165, 1.54) is 18.2 Å². The summed E-state index contributed by atoms with van der Waals surface area (Å²) < 4.78 is 43.7. The van der Waals surface area contributed by atoms with Crippen LogP contribution in [0.15, 0.2) is 77.7 Å². The molecule has 3 rings (SSSR count). The molecule has 0 aromatic heterocycles. The van der Waals surface area contributed by atoms with Crippen molar-refractivity contribution in [3.8, 4) is 11.8 Å². The van der Waals surface area contributed by atoms with E-state index in [-0.39, 0.29) is 17.9 Å². The molecule has 0 radical (unpaired) electrons. The highest BCUT2D eigenvalue weighted by molar-refractivity contribution is 7.87. The first-order valence-electron chi connectivity index (χ1n) is 8.46.